The van der Waals surface area contributed by atoms with E-state index in [0.717, 1.165) is 10.5 Å². The van der Waals surface area contributed by atoms with E-state index >= 15 is 0 Å². The summed E-state index contributed by atoms with van der Waals surface area (Å²) >= 11 is 9.14. The van der Waals surface area contributed by atoms with Crippen molar-refractivity contribution in [1.82, 2.24) is 0 Å². The molecule has 0 bridgehead atoms. The third-order valence-corrected chi connectivity index (χ3v) is 3.59. The predicted octanol–water partition coefficient (Wildman–Crippen LogP) is 4.73. The normalized spacial score (nSPS) is 11.7. The van der Waals surface area contributed by atoms with Gasteiger partial charge in [-0.2, -0.15) is 5.26 Å². The molecular weight excluding hydrogens is 345 g/mol. The lowest BCUT2D eigenvalue weighted by Crippen LogP contribution is -2.13. The topological polar surface area (TPSA) is 40.9 Å². The maximum atomic E-state index is 13.8. The molecule has 0 spiro atoms. The fourth-order valence-corrected chi connectivity index (χ4v) is 2.52. The van der Waals surface area contributed by atoms with Crippen molar-refractivity contribution in [3.63, 3.8) is 0 Å². The summed E-state index contributed by atoms with van der Waals surface area (Å²) in [4.78, 5) is 12.4. The average Bonchev–Trinajstić information content (AvgIpc) is 2.39. The zero-order valence-corrected chi connectivity index (χ0v) is 12.5. The van der Waals surface area contributed by atoms with Crippen LogP contribution in [-0.2, 0) is 0 Å². The van der Waals surface area contributed by atoms with Crippen molar-refractivity contribution in [2.75, 3.05) is 0 Å². The molecule has 1 unspecified atom stereocenters. The number of Topliss-reactive ketones (excluding diaryl/α,β-unsaturated/α-hetero) is 1. The lowest BCUT2D eigenvalue weighted by atomic mass is 9.91. The number of carbonyl (C=O) groups excluding carboxylic acids is 1. The molecule has 0 N–H and O–H groups in total. The summed E-state index contributed by atoms with van der Waals surface area (Å²) in [6.45, 7) is 0. The third kappa shape index (κ3) is 2.90. The molecule has 2 aromatic rings. The van der Waals surface area contributed by atoms with Gasteiger partial charge in [0, 0.05) is 4.47 Å². The van der Waals surface area contributed by atoms with E-state index in [9.17, 15) is 14.4 Å². The Kier molecular flexibility index (Phi) is 4.53. The molecule has 1 atom stereocenters. The van der Waals surface area contributed by atoms with Gasteiger partial charge in [0.2, 0.25) is 0 Å². The highest BCUT2D eigenvalue weighted by atomic mass is 79.9. The second-order valence-electron chi connectivity index (χ2n) is 4.08. The molecule has 0 aromatic heterocycles. The van der Waals surface area contributed by atoms with Gasteiger partial charge in [0.05, 0.1) is 16.7 Å². The van der Waals surface area contributed by atoms with Gasteiger partial charge in [0.1, 0.15) is 11.7 Å². The van der Waals surface area contributed by atoms with Crippen LogP contribution in [0.1, 0.15) is 21.8 Å². The molecular formula is C15H8BrClFNO. The highest BCUT2D eigenvalue weighted by molar-refractivity contribution is 9.10. The van der Waals surface area contributed by atoms with E-state index < -0.39 is 17.5 Å². The van der Waals surface area contributed by atoms with Gasteiger partial charge in [-0.15, -0.1) is 0 Å². The summed E-state index contributed by atoms with van der Waals surface area (Å²) in [6, 6.07) is 12.7. The van der Waals surface area contributed by atoms with Gasteiger partial charge in [-0.25, -0.2) is 4.39 Å². The number of ketones is 1. The summed E-state index contributed by atoms with van der Waals surface area (Å²) in [5.41, 5.74) is 0.242. The van der Waals surface area contributed by atoms with Crippen LogP contribution in [-0.4, -0.2) is 5.78 Å². The smallest absolute Gasteiger partial charge is 0.188 e. The summed E-state index contributed by atoms with van der Waals surface area (Å²) in [5, 5.41) is 9.24. The molecule has 5 heteroatoms. The van der Waals surface area contributed by atoms with Gasteiger partial charge in [-0.05, 0) is 29.8 Å². The molecule has 0 fully saturated rings. The summed E-state index contributed by atoms with van der Waals surface area (Å²) in [5.74, 6) is -2.46. The van der Waals surface area contributed by atoms with E-state index in [-0.39, 0.29) is 10.6 Å². The third-order valence-electron chi connectivity index (χ3n) is 2.78. The van der Waals surface area contributed by atoms with E-state index in [0.29, 0.717) is 5.56 Å². The highest BCUT2D eigenvalue weighted by Gasteiger charge is 2.26. The first kappa shape index (κ1) is 14.7. The van der Waals surface area contributed by atoms with Crippen molar-refractivity contribution in [3.8, 4) is 6.07 Å². The van der Waals surface area contributed by atoms with E-state index in [1.165, 1.54) is 12.1 Å². The second-order valence-corrected chi connectivity index (χ2v) is 5.40. The fraction of sp³-hybridized carbons (Fsp3) is 0.0667. The molecule has 2 nitrogen and oxygen atoms in total. The van der Waals surface area contributed by atoms with Crippen LogP contribution in [0.15, 0.2) is 46.9 Å². The minimum atomic E-state index is -1.10. The standard InChI is InChI=1S/C15H8BrClFNO/c16-10-4-1-3-9(7-10)11(8-19)15(20)14-12(17)5-2-6-13(14)18/h1-7,11H. The zero-order valence-electron chi connectivity index (χ0n) is 10.1. The second kappa shape index (κ2) is 6.17. The van der Waals surface area contributed by atoms with Crippen LogP contribution in [0.3, 0.4) is 0 Å². The molecule has 2 rings (SSSR count). The Labute approximate surface area is 128 Å². The zero-order chi connectivity index (χ0) is 14.7. The SMILES string of the molecule is N#CC(C(=O)c1c(F)cccc1Cl)c1cccc(Br)c1. The van der Waals surface area contributed by atoms with Crippen molar-refractivity contribution in [3.05, 3.63) is 68.9 Å². The quantitative estimate of drug-likeness (QED) is 0.749. The molecule has 0 heterocycles. The first-order valence-electron chi connectivity index (χ1n) is 5.68. The minimum Gasteiger partial charge on any atom is -0.292 e. The molecule has 0 saturated heterocycles. The van der Waals surface area contributed by atoms with Crippen molar-refractivity contribution >= 4 is 33.3 Å². The number of rotatable bonds is 3. The Morgan fingerprint density at radius 1 is 1.30 bits per heavy atom. The molecule has 100 valence electrons. The number of carbonyl (C=O) groups is 1. The van der Waals surface area contributed by atoms with Crippen molar-refractivity contribution in [2.45, 2.75) is 5.92 Å². The molecule has 0 saturated carbocycles. The molecule has 0 aliphatic carbocycles. The lowest BCUT2D eigenvalue weighted by Gasteiger charge is -2.11. The Balaban J connectivity index is 2.48. The largest absolute Gasteiger partial charge is 0.292 e. The van der Waals surface area contributed by atoms with Crippen LogP contribution in [0.5, 0.6) is 0 Å². The van der Waals surface area contributed by atoms with Crippen molar-refractivity contribution < 1.29 is 9.18 Å². The molecule has 0 amide bonds. The van der Waals surface area contributed by atoms with Crippen LogP contribution in [0.25, 0.3) is 0 Å². The molecule has 0 aliphatic rings. The van der Waals surface area contributed by atoms with E-state index in [2.05, 4.69) is 15.9 Å². The number of hydrogen-bond donors (Lipinski definition) is 0. The maximum Gasteiger partial charge on any atom is 0.188 e. The van der Waals surface area contributed by atoms with Gasteiger partial charge < -0.3 is 0 Å². The first-order valence-corrected chi connectivity index (χ1v) is 6.85. The summed E-state index contributed by atoms with van der Waals surface area (Å²) in [6.07, 6.45) is 0. The molecule has 0 radical (unpaired) electrons. The molecule has 2 aromatic carbocycles. The monoisotopic (exact) mass is 351 g/mol. The van der Waals surface area contributed by atoms with Gasteiger partial charge in [-0.1, -0.05) is 45.7 Å². The molecule has 0 aliphatic heterocycles. The number of benzene rings is 2. The van der Waals surface area contributed by atoms with E-state index in [1.807, 2.05) is 6.07 Å². The number of nitrogens with zero attached hydrogens (tertiary/aromatic N) is 1. The van der Waals surface area contributed by atoms with Gasteiger partial charge >= 0.3 is 0 Å². The van der Waals surface area contributed by atoms with Crippen LogP contribution in [0.4, 0.5) is 4.39 Å². The average molecular weight is 353 g/mol. The van der Waals surface area contributed by atoms with Gasteiger partial charge in [-0.3, -0.25) is 4.79 Å². The lowest BCUT2D eigenvalue weighted by molar-refractivity contribution is 0.0975. The molecule has 20 heavy (non-hydrogen) atoms. The van der Waals surface area contributed by atoms with Crippen LogP contribution >= 0.6 is 27.5 Å². The number of halogens is 3. The Morgan fingerprint density at radius 2 is 2.00 bits per heavy atom. The summed E-state index contributed by atoms with van der Waals surface area (Å²) < 4.78 is 14.5. The fourth-order valence-electron chi connectivity index (χ4n) is 1.85. The van der Waals surface area contributed by atoms with Gasteiger partial charge in [0.15, 0.2) is 5.78 Å². The van der Waals surface area contributed by atoms with E-state index in [1.54, 1.807) is 24.3 Å². The maximum absolute atomic E-state index is 13.8. The van der Waals surface area contributed by atoms with Crippen molar-refractivity contribution in [2.24, 2.45) is 0 Å². The Hall–Kier alpha value is -1.70. The van der Waals surface area contributed by atoms with Crippen molar-refractivity contribution in [1.29, 1.82) is 5.26 Å². The minimum absolute atomic E-state index is 0.00486. The Morgan fingerprint density at radius 3 is 2.60 bits per heavy atom. The van der Waals surface area contributed by atoms with Crippen LogP contribution in [0.2, 0.25) is 5.02 Å². The first-order chi connectivity index (χ1) is 9.54. The summed E-state index contributed by atoms with van der Waals surface area (Å²) in [7, 11) is 0. The number of hydrogen-bond acceptors (Lipinski definition) is 2. The van der Waals surface area contributed by atoms with Crippen LogP contribution in [0, 0.1) is 17.1 Å². The Bertz CT molecular complexity index is 691. The highest BCUT2D eigenvalue weighted by Crippen LogP contribution is 2.28. The predicted molar refractivity (Wildman–Crippen MR) is 78.2 cm³/mol. The number of nitriles is 1. The van der Waals surface area contributed by atoms with Crippen LogP contribution < -0.4 is 0 Å². The van der Waals surface area contributed by atoms with E-state index in [4.69, 9.17) is 11.6 Å². The van der Waals surface area contributed by atoms with Gasteiger partial charge in [0.25, 0.3) is 0 Å².